The molecule has 1 atom stereocenters. The first-order valence-electron chi connectivity index (χ1n) is 10.8. The van der Waals surface area contributed by atoms with Crippen molar-refractivity contribution >= 4 is 24.1 Å². The number of rotatable bonds is 14. The van der Waals surface area contributed by atoms with Crippen LogP contribution < -0.4 is 10.6 Å². The van der Waals surface area contributed by atoms with Crippen LogP contribution in [-0.2, 0) is 28.5 Å². The van der Waals surface area contributed by atoms with Crippen molar-refractivity contribution in [2.24, 2.45) is 11.3 Å². The van der Waals surface area contributed by atoms with Gasteiger partial charge in [-0.2, -0.15) is 0 Å². The zero-order valence-electron chi connectivity index (χ0n) is 20.6. The van der Waals surface area contributed by atoms with Gasteiger partial charge in [0.05, 0.1) is 0 Å². The van der Waals surface area contributed by atoms with E-state index in [2.05, 4.69) is 37.6 Å². The van der Waals surface area contributed by atoms with Gasteiger partial charge in [-0.15, -0.1) is 0 Å². The Kier molecular flexibility index (Phi) is 13.5. The lowest BCUT2D eigenvalue weighted by atomic mass is 9.79. The van der Waals surface area contributed by atoms with Crippen LogP contribution >= 0.6 is 0 Å². The Balaban J connectivity index is 4.87. The lowest BCUT2D eigenvalue weighted by Gasteiger charge is -2.36. The van der Waals surface area contributed by atoms with E-state index in [1.165, 1.54) is 13.8 Å². The Hall–Kier alpha value is -3.04. The molecule has 0 heterocycles. The summed E-state index contributed by atoms with van der Waals surface area (Å²) in [6.45, 7) is 17.3. The molecule has 10 nitrogen and oxygen atoms in total. The number of nitrogens with one attached hydrogen (secondary N) is 2. The number of ether oxygens (including phenoxy) is 4. The van der Waals surface area contributed by atoms with Crippen LogP contribution in [0.2, 0.25) is 0 Å². The smallest absolute Gasteiger partial charge is 0.408 e. The Bertz CT molecular complexity index is 669. The molecule has 10 heteroatoms. The highest BCUT2D eigenvalue weighted by atomic mass is 16.6. The fourth-order valence-corrected chi connectivity index (χ4v) is 2.69. The molecule has 188 valence electrons. The molecule has 0 saturated heterocycles. The molecule has 2 N–H and O–H groups in total. The zero-order valence-corrected chi connectivity index (χ0v) is 20.6. The molecule has 0 aliphatic rings. The van der Waals surface area contributed by atoms with E-state index in [-0.39, 0.29) is 37.6 Å². The highest BCUT2D eigenvalue weighted by Gasteiger charge is 2.34. The topological polar surface area (TPSA) is 129 Å². The van der Waals surface area contributed by atoms with Gasteiger partial charge in [0.25, 0.3) is 0 Å². The summed E-state index contributed by atoms with van der Waals surface area (Å²) in [5, 5.41) is 5.25. The van der Waals surface area contributed by atoms with E-state index in [0.717, 1.165) is 6.42 Å². The van der Waals surface area contributed by atoms with E-state index in [1.54, 1.807) is 0 Å². The number of carbonyl (C=O) groups is 4. The maximum atomic E-state index is 12.3. The SMILES string of the molecule is C=C(C)C(=O)OCCOC(=O)NC(NC(=O)OCCOC(=O)C(=C)C)C(C)(C)CC(C)CC. The summed E-state index contributed by atoms with van der Waals surface area (Å²) in [5.74, 6) is -0.823. The van der Waals surface area contributed by atoms with Crippen LogP contribution in [0.15, 0.2) is 24.3 Å². The van der Waals surface area contributed by atoms with Crippen molar-refractivity contribution in [3.05, 3.63) is 24.3 Å². The second-order valence-electron chi connectivity index (χ2n) is 8.53. The van der Waals surface area contributed by atoms with Crippen molar-refractivity contribution in [2.75, 3.05) is 26.4 Å². The number of carbonyl (C=O) groups excluding carboxylic acids is 4. The van der Waals surface area contributed by atoms with E-state index in [9.17, 15) is 19.2 Å². The Morgan fingerprint density at radius 2 is 1.15 bits per heavy atom. The molecule has 33 heavy (non-hydrogen) atoms. The number of amides is 2. The first kappa shape index (κ1) is 30.0. The second-order valence-corrected chi connectivity index (χ2v) is 8.53. The third-order valence-electron chi connectivity index (χ3n) is 4.67. The van der Waals surface area contributed by atoms with Crippen molar-refractivity contribution < 1.29 is 38.1 Å². The molecule has 0 rings (SSSR count). The summed E-state index contributed by atoms with van der Waals surface area (Å²) in [6, 6.07) is 0. The van der Waals surface area contributed by atoms with E-state index >= 15 is 0 Å². The van der Waals surface area contributed by atoms with Gasteiger partial charge in [-0.3, -0.25) is 0 Å². The molecule has 0 aliphatic heterocycles. The molecular formula is C23H38N2O8. The number of hydrogen-bond acceptors (Lipinski definition) is 8. The molecule has 0 aromatic heterocycles. The van der Waals surface area contributed by atoms with Gasteiger partial charge < -0.3 is 29.6 Å². The first-order valence-corrected chi connectivity index (χ1v) is 10.8. The Morgan fingerprint density at radius 3 is 1.48 bits per heavy atom. The third kappa shape index (κ3) is 13.2. The molecule has 0 fully saturated rings. The predicted octanol–water partition coefficient (Wildman–Crippen LogP) is 3.47. The fourth-order valence-electron chi connectivity index (χ4n) is 2.69. The normalized spacial score (nSPS) is 11.7. The van der Waals surface area contributed by atoms with Gasteiger partial charge in [0.2, 0.25) is 0 Å². The van der Waals surface area contributed by atoms with Gasteiger partial charge in [-0.1, -0.05) is 47.3 Å². The molecule has 0 aromatic rings. The molecule has 0 radical (unpaired) electrons. The molecule has 2 amide bonds. The summed E-state index contributed by atoms with van der Waals surface area (Å²) >= 11 is 0. The molecule has 0 aliphatic carbocycles. The first-order chi connectivity index (χ1) is 15.3. The molecule has 0 aromatic carbocycles. The summed E-state index contributed by atoms with van der Waals surface area (Å²) in [4.78, 5) is 47.2. The van der Waals surface area contributed by atoms with Crippen LogP contribution in [0.3, 0.4) is 0 Å². The third-order valence-corrected chi connectivity index (χ3v) is 4.67. The summed E-state index contributed by atoms with van der Waals surface area (Å²) < 4.78 is 19.8. The van der Waals surface area contributed by atoms with E-state index in [1.807, 2.05) is 13.8 Å². The standard InChI is InChI=1S/C23H38N2O8/c1-9-17(6)14-23(7,8)20(24-21(28)32-12-10-30-18(26)15(2)3)25-22(29)33-13-11-31-19(27)16(4)5/h17,20H,2,4,9-14H2,1,3,5-8H3,(H,24,28)(H,25,29). The van der Waals surface area contributed by atoms with Crippen LogP contribution in [0.1, 0.15) is 54.4 Å². The zero-order chi connectivity index (χ0) is 25.6. The van der Waals surface area contributed by atoms with Gasteiger partial charge in [-0.25, -0.2) is 19.2 Å². The fraction of sp³-hybridized carbons (Fsp3) is 0.652. The van der Waals surface area contributed by atoms with Crippen LogP contribution in [0.5, 0.6) is 0 Å². The number of esters is 2. The van der Waals surface area contributed by atoms with Crippen LogP contribution in [0, 0.1) is 11.3 Å². The Labute approximate surface area is 196 Å². The average molecular weight is 471 g/mol. The highest BCUT2D eigenvalue weighted by molar-refractivity contribution is 5.87. The van der Waals surface area contributed by atoms with E-state index < -0.39 is 35.7 Å². The molecule has 1 unspecified atom stereocenters. The van der Waals surface area contributed by atoms with E-state index in [4.69, 9.17) is 18.9 Å². The number of hydrogen-bond donors (Lipinski definition) is 2. The second kappa shape index (κ2) is 14.9. The average Bonchev–Trinajstić information content (AvgIpc) is 2.72. The minimum absolute atomic E-state index is 0.127. The van der Waals surface area contributed by atoms with Crippen LogP contribution in [0.4, 0.5) is 9.59 Å². The van der Waals surface area contributed by atoms with Gasteiger partial charge in [-0.05, 0) is 26.2 Å². The maximum Gasteiger partial charge on any atom is 0.408 e. The van der Waals surface area contributed by atoms with Crippen LogP contribution in [0.25, 0.3) is 0 Å². The minimum Gasteiger partial charge on any atom is -0.459 e. The lowest BCUT2D eigenvalue weighted by Crippen LogP contribution is -2.56. The van der Waals surface area contributed by atoms with Gasteiger partial charge in [0.1, 0.15) is 32.6 Å². The van der Waals surface area contributed by atoms with Crippen molar-refractivity contribution in [1.29, 1.82) is 0 Å². The summed E-state index contributed by atoms with van der Waals surface area (Å²) in [7, 11) is 0. The summed E-state index contributed by atoms with van der Waals surface area (Å²) in [5.41, 5.74) is -0.0708. The van der Waals surface area contributed by atoms with Crippen molar-refractivity contribution in [3.63, 3.8) is 0 Å². The summed E-state index contributed by atoms with van der Waals surface area (Å²) in [6.07, 6.45) is -0.782. The van der Waals surface area contributed by atoms with Crippen LogP contribution in [-0.4, -0.2) is 56.7 Å². The molecular weight excluding hydrogens is 432 g/mol. The molecule has 0 bridgehead atoms. The molecule has 0 spiro atoms. The minimum atomic E-state index is -0.817. The monoisotopic (exact) mass is 470 g/mol. The van der Waals surface area contributed by atoms with Gasteiger partial charge in [0, 0.05) is 16.6 Å². The van der Waals surface area contributed by atoms with Crippen molar-refractivity contribution in [1.82, 2.24) is 10.6 Å². The Morgan fingerprint density at radius 1 is 0.788 bits per heavy atom. The molecule has 0 saturated carbocycles. The van der Waals surface area contributed by atoms with Crippen molar-refractivity contribution in [3.8, 4) is 0 Å². The largest absolute Gasteiger partial charge is 0.459 e. The quantitative estimate of drug-likeness (QED) is 0.130. The van der Waals surface area contributed by atoms with Crippen molar-refractivity contribution in [2.45, 2.75) is 60.5 Å². The van der Waals surface area contributed by atoms with Gasteiger partial charge >= 0.3 is 24.1 Å². The predicted molar refractivity (Wildman–Crippen MR) is 122 cm³/mol. The highest BCUT2D eigenvalue weighted by Crippen LogP contribution is 2.30. The number of alkyl carbamates (subject to hydrolysis) is 2. The lowest BCUT2D eigenvalue weighted by molar-refractivity contribution is -0.140. The maximum absolute atomic E-state index is 12.3. The van der Waals surface area contributed by atoms with Gasteiger partial charge in [0.15, 0.2) is 0 Å². The van der Waals surface area contributed by atoms with E-state index in [0.29, 0.717) is 12.3 Å².